The minimum absolute atomic E-state index is 0.114. The van der Waals surface area contributed by atoms with E-state index in [4.69, 9.17) is 24.2 Å². The summed E-state index contributed by atoms with van der Waals surface area (Å²) in [7, 11) is 2.59. The summed E-state index contributed by atoms with van der Waals surface area (Å²) in [6, 6.07) is 10.8. The minimum Gasteiger partial charge on any atom is -0.457 e. The highest BCUT2D eigenvalue weighted by molar-refractivity contribution is 5.87. The van der Waals surface area contributed by atoms with Crippen molar-refractivity contribution in [3.05, 3.63) is 71.6 Å². The second kappa shape index (κ2) is 16.4. The van der Waals surface area contributed by atoms with E-state index in [-0.39, 0.29) is 41.7 Å². The molecule has 5 heterocycles. The van der Waals surface area contributed by atoms with Gasteiger partial charge >= 0.3 is 12.2 Å². The van der Waals surface area contributed by atoms with Gasteiger partial charge in [0.2, 0.25) is 11.8 Å². The molecule has 3 fully saturated rings. The number of benzene rings is 2. The van der Waals surface area contributed by atoms with Gasteiger partial charge in [-0.25, -0.2) is 19.6 Å². The number of aromatic nitrogens is 4. The molecular weight excluding hydrogens is 753 g/mol. The predicted molar refractivity (Wildman–Crippen MR) is 218 cm³/mol. The third-order valence-electron chi connectivity index (χ3n) is 12.3. The van der Waals surface area contributed by atoms with Crippen LogP contribution in [0.3, 0.4) is 0 Å². The van der Waals surface area contributed by atoms with Crippen LogP contribution in [0.1, 0.15) is 107 Å². The van der Waals surface area contributed by atoms with E-state index in [1.54, 1.807) is 0 Å². The predicted octanol–water partition coefficient (Wildman–Crippen LogP) is 7.20. The van der Waals surface area contributed by atoms with Crippen LogP contribution in [0.5, 0.6) is 11.5 Å². The van der Waals surface area contributed by atoms with Crippen molar-refractivity contribution in [3.8, 4) is 34.0 Å². The van der Waals surface area contributed by atoms with E-state index in [1.807, 2.05) is 62.0 Å². The van der Waals surface area contributed by atoms with Crippen molar-refractivity contribution in [1.82, 2.24) is 40.4 Å². The zero-order valence-corrected chi connectivity index (χ0v) is 34.5. The fourth-order valence-electron chi connectivity index (χ4n) is 9.01. The molecule has 4 N–H and O–H groups in total. The first kappa shape index (κ1) is 39.9. The van der Waals surface area contributed by atoms with E-state index < -0.39 is 24.3 Å². The number of H-pyrrole nitrogens is 2. The van der Waals surface area contributed by atoms with Crippen molar-refractivity contribution in [3.63, 3.8) is 0 Å². The lowest BCUT2D eigenvalue weighted by Gasteiger charge is -2.30. The molecule has 1 aliphatic carbocycles. The highest BCUT2D eigenvalue weighted by Gasteiger charge is 2.41. The smallest absolute Gasteiger partial charge is 0.407 e. The molecule has 1 unspecified atom stereocenters. The van der Waals surface area contributed by atoms with Crippen molar-refractivity contribution >= 4 is 24.0 Å². The summed E-state index contributed by atoms with van der Waals surface area (Å²) in [5.41, 5.74) is 5.92. The lowest BCUT2D eigenvalue weighted by Crippen LogP contribution is -2.51. The van der Waals surface area contributed by atoms with Crippen molar-refractivity contribution < 1.29 is 33.4 Å². The number of imidazole rings is 2. The molecule has 2 aromatic carbocycles. The number of hydrogen-bond acceptors (Lipinski definition) is 9. The molecule has 3 aliphatic heterocycles. The highest BCUT2D eigenvalue weighted by Crippen LogP contribution is 2.55. The number of ether oxygens (including phenoxy) is 3. The number of amides is 4. The summed E-state index contributed by atoms with van der Waals surface area (Å²) < 4.78 is 16.2. The van der Waals surface area contributed by atoms with Crippen LogP contribution in [-0.4, -0.2) is 93.1 Å². The molecule has 5 atom stereocenters. The fraction of sp³-hybridized carbons (Fsp3) is 0.500. The van der Waals surface area contributed by atoms with Gasteiger partial charge in [-0.3, -0.25) is 9.59 Å². The minimum atomic E-state index is -0.701. The van der Waals surface area contributed by atoms with Crippen LogP contribution in [-0.2, 0) is 19.1 Å². The summed E-state index contributed by atoms with van der Waals surface area (Å²) in [6.07, 6.45) is 7.90. The topological polar surface area (TPSA) is 184 Å². The Hall–Kier alpha value is -5.86. The van der Waals surface area contributed by atoms with E-state index in [1.165, 1.54) is 14.2 Å². The molecule has 15 heteroatoms. The maximum atomic E-state index is 13.7. The summed E-state index contributed by atoms with van der Waals surface area (Å²) in [6.45, 7) is 8.79. The average Bonchev–Trinajstić information content (AvgIpc) is 3.71. The number of nitrogens with zero attached hydrogens (tertiary/aromatic N) is 4. The van der Waals surface area contributed by atoms with Crippen molar-refractivity contribution in [2.24, 2.45) is 17.8 Å². The number of carbonyl (C=O) groups excluding carboxylic acids is 4. The maximum absolute atomic E-state index is 13.7. The zero-order valence-electron chi connectivity index (χ0n) is 34.5. The van der Waals surface area contributed by atoms with Gasteiger partial charge < -0.3 is 44.6 Å². The molecule has 0 spiro atoms. The molecule has 0 radical (unpaired) electrons. The first-order chi connectivity index (χ1) is 28.4. The van der Waals surface area contributed by atoms with Gasteiger partial charge in [0.25, 0.3) is 0 Å². The first-order valence-corrected chi connectivity index (χ1v) is 20.8. The third-order valence-corrected chi connectivity index (χ3v) is 12.3. The van der Waals surface area contributed by atoms with E-state index >= 15 is 0 Å². The van der Waals surface area contributed by atoms with Gasteiger partial charge in [-0.1, -0.05) is 39.8 Å². The quantitative estimate of drug-likeness (QED) is 0.122. The molecule has 312 valence electrons. The molecule has 2 aromatic heterocycles. The summed E-state index contributed by atoms with van der Waals surface area (Å²) in [5.74, 6) is 3.24. The van der Waals surface area contributed by atoms with Gasteiger partial charge in [0.05, 0.1) is 50.1 Å². The zero-order chi connectivity index (χ0) is 41.5. The largest absolute Gasteiger partial charge is 0.457 e. The van der Waals surface area contributed by atoms with Gasteiger partial charge in [0, 0.05) is 41.3 Å². The molecule has 59 heavy (non-hydrogen) atoms. The first-order valence-electron chi connectivity index (χ1n) is 20.8. The Bertz CT molecular complexity index is 2230. The Labute approximate surface area is 344 Å². The number of hydrogen-bond donors (Lipinski definition) is 4. The number of likely N-dealkylation sites (tertiary alicyclic amines) is 2. The van der Waals surface area contributed by atoms with Crippen molar-refractivity contribution in [1.29, 1.82) is 0 Å². The van der Waals surface area contributed by atoms with Gasteiger partial charge in [0.15, 0.2) is 0 Å². The van der Waals surface area contributed by atoms with E-state index in [0.717, 1.165) is 89.5 Å². The van der Waals surface area contributed by atoms with Gasteiger partial charge in [-0.15, -0.1) is 0 Å². The van der Waals surface area contributed by atoms with Gasteiger partial charge in [-0.05, 0) is 80.5 Å². The number of nitrogens with one attached hydrogen (secondary N) is 4. The Morgan fingerprint density at radius 2 is 1.20 bits per heavy atom. The Kier molecular flexibility index (Phi) is 11.1. The molecule has 8 rings (SSSR count). The van der Waals surface area contributed by atoms with Crippen molar-refractivity contribution in [2.45, 2.75) is 96.3 Å². The second-order valence-corrected chi connectivity index (χ2v) is 16.9. The molecule has 2 saturated heterocycles. The van der Waals surface area contributed by atoms with Gasteiger partial charge in [-0.2, -0.15) is 0 Å². The molecule has 15 nitrogen and oxygen atoms in total. The van der Waals surface area contributed by atoms with Crippen molar-refractivity contribution in [2.75, 3.05) is 27.3 Å². The number of fused-ring (bicyclic) bond motifs is 2. The molecule has 4 amide bonds. The number of carbonyl (C=O) groups is 4. The van der Waals surface area contributed by atoms with Crippen LogP contribution >= 0.6 is 0 Å². The number of methoxy groups -OCH3 is 2. The average molecular weight is 807 g/mol. The fourth-order valence-corrected chi connectivity index (χ4v) is 9.01. The lowest BCUT2D eigenvalue weighted by molar-refractivity contribution is -0.136. The number of aromatic amines is 2. The third kappa shape index (κ3) is 7.86. The normalized spacial score (nSPS) is 20.8. The standard InChI is InChI=1S/C44H54N8O7/c1-23(2)37(49-43(55)57-5)41(53)51-17-7-9-32(51)39-45-21-30(47-39)26-14-16-34-29(19-26)36(25-11-12-25)28-15-13-27(20-35(28)59-34)31-22-46-40(48-31)33-10-8-18-52(33)42(54)38(24(3)4)50-44(56)58-6/h13-16,19-25,32-33,36-38H,7-12,17-18H2,1-6H3,(H,45,47)(H,46,48)(H,49,55)(H,50,56)/t32-,33-,36?,37-,38-/m0/s1. The Morgan fingerprint density at radius 3 is 1.69 bits per heavy atom. The Morgan fingerprint density at radius 1 is 0.695 bits per heavy atom. The van der Waals surface area contributed by atoms with Crippen LogP contribution in [0.4, 0.5) is 9.59 Å². The number of alkyl carbamates (subject to hydrolysis) is 2. The Balaban J connectivity index is 1.00. The SMILES string of the molecule is COC(=O)N[C@H](C(=O)N1CCC[C@H]1c1ncc(-c2ccc3c(c2)Oc2ccc(-c4cnc([C@@H]5CCCN5C(=O)[C@@H](NC(=O)OC)C(C)C)[nH]4)cc2C3C2CC2)[nH]1)C(C)C. The van der Waals surface area contributed by atoms with Crippen LogP contribution in [0, 0.1) is 17.8 Å². The van der Waals surface area contributed by atoms with Crippen LogP contribution in [0.15, 0.2) is 48.8 Å². The monoisotopic (exact) mass is 806 g/mol. The molecule has 1 saturated carbocycles. The van der Waals surface area contributed by atoms with E-state index in [9.17, 15) is 19.2 Å². The van der Waals surface area contributed by atoms with E-state index in [2.05, 4.69) is 44.9 Å². The summed E-state index contributed by atoms with van der Waals surface area (Å²) in [4.78, 5) is 71.6. The van der Waals surface area contributed by atoms with Crippen LogP contribution in [0.25, 0.3) is 22.5 Å². The summed E-state index contributed by atoms with van der Waals surface area (Å²) in [5, 5.41) is 5.43. The molecular formula is C44H54N8O7. The van der Waals surface area contributed by atoms with E-state index in [0.29, 0.717) is 24.8 Å². The van der Waals surface area contributed by atoms with Crippen LogP contribution in [0.2, 0.25) is 0 Å². The molecule has 0 bridgehead atoms. The summed E-state index contributed by atoms with van der Waals surface area (Å²) >= 11 is 0. The lowest BCUT2D eigenvalue weighted by atomic mass is 9.83. The van der Waals surface area contributed by atoms with Gasteiger partial charge in [0.1, 0.15) is 35.2 Å². The highest BCUT2D eigenvalue weighted by atomic mass is 16.5. The number of rotatable bonds is 11. The molecule has 4 aliphatic rings. The molecule has 4 aromatic rings. The maximum Gasteiger partial charge on any atom is 0.407 e. The second-order valence-electron chi connectivity index (χ2n) is 16.9. The van der Waals surface area contributed by atoms with Crippen LogP contribution < -0.4 is 15.4 Å².